The number of aliphatic imine (C=N–C) groups is 1. The first kappa shape index (κ1) is 20.3. The Balaban J connectivity index is 0.00000243. The predicted molar refractivity (Wildman–Crippen MR) is 114 cm³/mol. The van der Waals surface area contributed by atoms with Crippen LogP contribution in [0.3, 0.4) is 0 Å². The van der Waals surface area contributed by atoms with E-state index in [1.807, 2.05) is 39.0 Å². The van der Waals surface area contributed by atoms with E-state index in [1.165, 1.54) is 0 Å². The topological polar surface area (TPSA) is 75.6 Å². The summed E-state index contributed by atoms with van der Waals surface area (Å²) in [6.45, 7) is 9.67. The van der Waals surface area contributed by atoms with E-state index in [4.69, 9.17) is 8.83 Å². The fraction of sp³-hybridized carbons (Fsp3) is 0.368. The summed E-state index contributed by atoms with van der Waals surface area (Å²) < 4.78 is 11.5. The van der Waals surface area contributed by atoms with Crippen LogP contribution in [0.2, 0.25) is 0 Å². The molecule has 0 bridgehead atoms. The monoisotopic (exact) mass is 468 g/mol. The van der Waals surface area contributed by atoms with Crippen molar-refractivity contribution in [1.29, 1.82) is 0 Å². The molecule has 0 aliphatic heterocycles. The van der Waals surface area contributed by atoms with Crippen molar-refractivity contribution < 1.29 is 8.83 Å². The number of nitrogens with zero attached hydrogens (tertiary/aromatic N) is 2. The van der Waals surface area contributed by atoms with Crippen LogP contribution in [0.4, 0.5) is 0 Å². The number of para-hydroxylation sites is 1. The highest BCUT2D eigenvalue weighted by molar-refractivity contribution is 14.0. The highest BCUT2D eigenvalue weighted by Crippen LogP contribution is 2.25. The average Bonchev–Trinajstić information content (AvgIpc) is 3.10. The molecule has 3 aromatic rings. The maximum absolute atomic E-state index is 5.92. The van der Waals surface area contributed by atoms with Crippen LogP contribution in [0, 0.1) is 20.8 Å². The highest BCUT2D eigenvalue weighted by Gasteiger charge is 2.10. The molecule has 26 heavy (non-hydrogen) atoms. The lowest BCUT2D eigenvalue weighted by Gasteiger charge is -2.09. The Kier molecular flexibility index (Phi) is 7.07. The third-order valence-electron chi connectivity index (χ3n) is 4.15. The number of fused-ring (bicyclic) bond motifs is 1. The van der Waals surface area contributed by atoms with Crippen molar-refractivity contribution in [1.82, 2.24) is 15.6 Å². The van der Waals surface area contributed by atoms with Crippen molar-refractivity contribution in [2.45, 2.75) is 40.8 Å². The van der Waals surface area contributed by atoms with Gasteiger partial charge in [-0.25, -0.2) is 9.98 Å². The van der Waals surface area contributed by atoms with Gasteiger partial charge in [0.15, 0.2) is 5.96 Å². The molecule has 0 spiro atoms. The third kappa shape index (κ3) is 4.57. The van der Waals surface area contributed by atoms with Gasteiger partial charge in [-0.1, -0.05) is 18.2 Å². The van der Waals surface area contributed by atoms with Gasteiger partial charge in [0.25, 0.3) is 0 Å². The van der Waals surface area contributed by atoms with E-state index in [0.29, 0.717) is 24.9 Å². The Morgan fingerprint density at radius 1 is 1.12 bits per heavy atom. The lowest BCUT2D eigenvalue weighted by Crippen LogP contribution is -2.36. The molecule has 0 unspecified atom stereocenters. The molecule has 0 radical (unpaired) electrons. The van der Waals surface area contributed by atoms with Crippen molar-refractivity contribution >= 4 is 40.9 Å². The number of halogens is 1. The predicted octanol–water partition coefficient (Wildman–Crippen LogP) is 4.22. The summed E-state index contributed by atoms with van der Waals surface area (Å²) in [6, 6.07) is 8.04. The van der Waals surface area contributed by atoms with Gasteiger partial charge in [-0.3, -0.25) is 0 Å². The number of nitrogens with one attached hydrogen (secondary N) is 2. The van der Waals surface area contributed by atoms with E-state index in [1.54, 1.807) is 0 Å². The zero-order valence-electron chi connectivity index (χ0n) is 15.5. The Labute approximate surface area is 170 Å². The van der Waals surface area contributed by atoms with Crippen molar-refractivity contribution in [2.75, 3.05) is 6.54 Å². The molecule has 0 saturated heterocycles. The zero-order chi connectivity index (χ0) is 17.8. The van der Waals surface area contributed by atoms with Gasteiger partial charge in [-0.05, 0) is 33.8 Å². The minimum atomic E-state index is 0. The van der Waals surface area contributed by atoms with Gasteiger partial charge in [0.1, 0.15) is 23.6 Å². The summed E-state index contributed by atoms with van der Waals surface area (Å²) >= 11 is 0. The van der Waals surface area contributed by atoms with Crippen molar-refractivity contribution in [3.8, 4) is 0 Å². The third-order valence-corrected chi connectivity index (χ3v) is 4.15. The normalized spacial score (nSPS) is 11.5. The number of aromatic nitrogens is 1. The molecule has 2 N–H and O–H groups in total. The van der Waals surface area contributed by atoms with E-state index in [0.717, 1.165) is 40.3 Å². The molecule has 2 aromatic heterocycles. The Bertz CT molecular complexity index is 879. The Hall–Kier alpha value is -2.03. The van der Waals surface area contributed by atoms with Gasteiger partial charge >= 0.3 is 0 Å². The molecule has 0 fully saturated rings. The quantitative estimate of drug-likeness (QED) is 0.333. The molecular formula is C19H25IN4O2. The van der Waals surface area contributed by atoms with E-state index >= 15 is 0 Å². The molecule has 1 aromatic carbocycles. The number of hydrogen-bond donors (Lipinski definition) is 2. The number of furan rings is 1. The SMILES string of the molecule is CCNC(=NCc1oc2ccccc2c1C)NCc1nc(C)c(C)o1.I. The van der Waals surface area contributed by atoms with Crippen LogP contribution < -0.4 is 10.6 Å². The van der Waals surface area contributed by atoms with Gasteiger partial charge in [0, 0.05) is 17.5 Å². The second-order valence-electron chi connectivity index (χ2n) is 5.94. The van der Waals surface area contributed by atoms with Gasteiger partial charge < -0.3 is 19.5 Å². The fourth-order valence-corrected chi connectivity index (χ4v) is 2.64. The number of benzene rings is 1. The molecule has 0 amide bonds. The van der Waals surface area contributed by atoms with E-state index < -0.39 is 0 Å². The molecule has 7 heteroatoms. The summed E-state index contributed by atoms with van der Waals surface area (Å²) in [5.41, 5.74) is 2.94. The first-order valence-corrected chi connectivity index (χ1v) is 8.50. The number of guanidine groups is 1. The van der Waals surface area contributed by atoms with Crippen LogP contribution in [-0.2, 0) is 13.1 Å². The number of oxazole rings is 1. The molecule has 2 heterocycles. The molecule has 3 rings (SSSR count). The second-order valence-corrected chi connectivity index (χ2v) is 5.94. The minimum Gasteiger partial charge on any atom is -0.459 e. The van der Waals surface area contributed by atoms with Crippen LogP contribution in [0.1, 0.15) is 35.6 Å². The van der Waals surface area contributed by atoms with Gasteiger partial charge in [-0.2, -0.15) is 0 Å². The van der Waals surface area contributed by atoms with Crippen molar-refractivity contribution in [2.24, 2.45) is 4.99 Å². The van der Waals surface area contributed by atoms with E-state index in [2.05, 4.69) is 33.6 Å². The van der Waals surface area contributed by atoms with Gasteiger partial charge in [0.05, 0.1) is 12.2 Å². The molecule has 6 nitrogen and oxygen atoms in total. The second kappa shape index (κ2) is 9.07. The summed E-state index contributed by atoms with van der Waals surface area (Å²) in [4.78, 5) is 8.99. The lowest BCUT2D eigenvalue weighted by molar-refractivity contribution is 0.463. The molecule has 0 atom stereocenters. The van der Waals surface area contributed by atoms with Crippen LogP contribution in [0.15, 0.2) is 38.1 Å². The largest absolute Gasteiger partial charge is 0.459 e. The maximum Gasteiger partial charge on any atom is 0.214 e. The van der Waals surface area contributed by atoms with Gasteiger partial charge in [-0.15, -0.1) is 24.0 Å². The van der Waals surface area contributed by atoms with Crippen LogP contribution in [0.25, 0.3) is 11.0 Å². The summed E-state index contributed by atoms with van der Waals surface area (Å²) in [5.74, 6) is 3.08. The number of aryl methyl sites for hydroxylation is 3. The Morgan fingerprint density at radius 3 is 2.54 bits per heavy atom. The van der Waals surface area contributed by atoms with Gasteiger partial charge in [0.2, 0.25) is 5.89 Å². The first-order chi connectivity index (χ1) is 12.1. The highest BCUT2D eigenvalue weighted by atomic mass is 127. The molecule has 140 valence electrons. The average molecular weight is 468 g/mol. The minimum absolute atomic E-state index is 0. The lowest BCUT2D eigenvalue weighted by atomic mass is 10.1. The van der Waals surface area contributed by atoms with E-state index in [-0.39, 0.29) is 24.0 Å². The van der Waals surface area contributed by atoms with Crippen LogP contribution in [-0.4, -0.2) is 17.5 Å². The number of rotatable bonds is 5. The summed E-state index contributed by atoms with van der Waals surface area (Å²) in [5, 5.41) is 7.60. The van der Waals surface area contributed by atoms with Crippen molar-refractivity contribution in [3.05, 3.63) is 52.9 Å². The maximum atomic E-state index is 5.92. The number of hydrogen-bond acceptors (Lipinski definition) is 4. The fourth-order valence-electron chi connectivity index (χ4n) is 2.64. The Morgan fingerprint density at radius 2 is 1.88 bits per heavy atom. The summed E-state index contributed by atoms with van der Waals surface area (Å²) in [7, 11) is 0. The van der Waals surface area contributed by atoms with Crippen LogP contribution in [0.5, 0.6) is 0 Å². The van der Waals surface area contributed by atoms with E-state index in [9.17, 15) is 0 Å². The molecule has 0 saturated carbocycles. The standard InChI is InChI=1S/C19H24N4O2.HI/c1-5-20-19(22-11-18-23-13(3)14(4)24-18)21-10-17-12(2)15-8-6-7-9-16(15)25-17;/h6-9H,5,10-11H2,1-4H3,(H2,20,21,22);1H. The van der Waals surface area contributed by atoms with Crippen LogP contribution >= 0.6 is 24.0 Å². The smallest absolute Gasteiger partial charge is 0.214 e. The summed E-state index contributed by atoms with van der Waals surface area (Å²) in [6.07, 6.45) is 0. The zero-order valence-corrected chi connectivity index (χ0v) is 17.9. The first-order valence-electron chi connectivity index (χ1n) is 8.50. The molecule has 0 aliphatic rings. The molecule has 0 aliphatic carbocycles. The molecular weight excluding hydrogens is 443 g/mol. The van der Waals surface area contributed by atoms with Crippen molar-refractivity contribution in [3.63, 3.8) is 0 Å².